The average Bonchev–Trinajstić information content (AvgIpc) is 2.74. The molecule has 0 amide bonds. The van der Waals surface area contributed by atoms with Gasteiger partial charge in [0.15, 0.2) is 5.69 Å². The van der Waals surface area contributed by atoms with E-state index >= 15 is 0 Å². The van der Waals surface area contributed by atoms with Crippen LogP contribution in [-0.2, 0) is 9.84 Å². The van der Waals surface area contributed by atoms with Crippen LogP contribution in [0.3, 0.4) is 0 Å². The van der Waals surface area contributed by atoms with Crippen molar-refractivity contribution in [1.82, 2.24) is 9.97 Å². The van der Waals surface area contributed by atoms with Gasteiger partial charge in [-0.1, -0.05) is 12.1 Å². The smallest absolute Gasteiger partial charge is 0.354 e. The van der Waals surface area contributed by atoms with E-state index in [9.17, 15) is 18.3 Å². The van der Waals surface area contributed by atoms with Crippen molar-refractivity contribution < 1.29 is 23.4 Å². The van der Waals surface area contributed by atoms with E-state index in [0.717, 1.165) is 6.26 Å². The minimum Gasteiger partial charge on any atom is -0.507 e. The summed E-state index contributed by atoms with van der Waals surface area (Å²) in [5.74, 6) is -1.54. The number of aromatic carboxylic acids is 1. The Bertz CT molecular complexity index is 748. The van der Waals surface area contributed by atoms with Crippen LogP contribution in [0.15, 0.2) is 29.4 Å². The van der Waals surface area contributed by atoms with Gasteiger partial charge in [0.1, 0.15) is 11.4 Å². The number of hydrogen-bond acceptors (Lipinski definition) is 5. The fourth-order valence-electron chi connectivity index (χ4n) is 1.55. The van der Waals surface area contributed by atoms with E-state index in [1.54, 1.807) is 12.1 Å². The van der Waals surface area contributed by atoms with Gasteiger partial charge in [0.2, 0.25) is 15.0 Å². The predicted molar refractivity (Wildman–Crippen MR) is 65.8 cm³/mol. The first kappa shape index (κ1) is 13.1. The summed E-state index contributed by atoms with van der Waals surface area (Å²) in [4.78, 5) is 17.1. The third-order valence-corrected chi connectivity index (χ3v) is 3.30. The summed E-state index contributed by atoms with van der Waals surface area (Å²) >= 11 is 0. The van der Waals surface area contributed by atoms with Gasteiger partial charge in [0, 0.05) is 11.8 Å². The van der Waals surface area contributed by atoms with E-state index in [1.807, 2.05) is 0 Å². The molecule has 0 saturated carbocycles. The molecule has 3 N–H and O–H groups in total. The summed E-state index contributed by atoms with van der Waals surface area (Å²) in [6, 6.07) is 5.94. The first-order valence-electron chi connectivity index (χ1n) is 5.12. The number of phenolic OH excluding ortho intramolecular Hbond substituents is 1. The number of carboxylic acid groups (broad SMARTS) is 1. The fraction of sp³-hybridized carbons (Fsp3) is 0.0909. The number of para-hydroxylation sites is 1. The Balaban J connectivity index is 2.73. The van der Waals surface area contributed by atoms with Crippen molar-refractivity contribution >= 4 is 15.8 Å². The highest BCUT2D eigenvalue weighted by Crippen LogP contribution is 2.30. The SMILES string of the molecule is CS(=O)(=O)c1nc(-c2ccccc2O)c(C(=O)O)[nH]1. The number of aromatic nitrogens is 2. The van der Waals surface area contributed by atoms with Gasteiger partial charge in [0.25, 0.3) is 0 Å². The van der Waals surface area contributed by atoms with Crippen LogP contribution in [0.2, 0.25) is 0 Å². The molecule has 2 rings (SSSR count). The van der Waals surface area contributed by atoms with Gasteiger partial charge < -0.3 is 15.2 Å². The second-order valence-corrected chi connectivity index (χ2v) is 5.79. The summed E-state index contributed by atoms with van der Waals surface area (Å²) in [6.45, 7) is 0. The van der Waals surface area contributed by atoms with Crippen LogP contribution in [-0.4, -0.2) is 40.8 Å². The molecule has 0 unspecified atom stereocenters. The van der Waals surface area contributed by atoms with E-state index in [2.05, 4.69) is 9.97 Å². The maximum absolute atomic E-state index is 11.4. The Labute approximate surface area is 108 Å². The second kappa shape index (κ2) is 4.39. The van der Waals surface area contributed by atoms with Crippen molar-refractivity contribution in [1.29, 1.82) is 0 Å². The number of hydrogen-bond donors (Lipinski definition) is 3. The lowest BCUT2D eigenvalue weighted by Crippen LogP contribution is -2.01. The number of carbonyl (C=O) groups is 1. The number of aromatic amines is 1. The number of carboxylic acids is 1. The molecule has 0 radical (unpaired) electrons. The van der Waals surface area contributed by atoms with Gasteiger partial charge in [-0.3, -0.25) is 0 Å². The van der Waals surface area contributed by atoms with Crippen molar-refractivity contribution in [2.45, 2.75) is 5.16 Å². The number of sulfone groups is 1. The molecule has 0 aliphatic heterocycles. The van der Waals surface area contributed by atoms with Crippen LogP contribution < -0.4 is 0 Å². The zero-order valence-corrected chi connectivity index (χ0v) is 10.6. The fourth-order valence-corrected chi connectivity index (χ4v) is 2.10. The summed E-state index contributed by atoms with van der Waals surface area (Å²) in [5, 5.41) is 18.3. The third kappa shape index (κ3) is 2.43. The van der Waals surface area contributed by atoms with Crippen molar-refractivity contribution in [2.75, 3.05) is 6.26 Å². The van der Waals surface area contributed by atoms with Crippen molar-refractivity contribution in [3.05, 3.63) is 30.0 Å². The number of H-pyrrole nitrogens is 1. The number of aromatic hydroxyl groups is 1. The molecule has 1 heterocycles. The Hall–Kier alpha value is -2.35. The van der Waals surface area contributed by atoms with Gasteiger partial charge in [-0.2, -0.15) is 0 Å². The normalized spacial score (nSPS) is 11.4. The molecule has 0 aliphatic rings. The van der Waals surface area contributed by atoms with Crippen LogP contribution in [0.4, 0.5) is 0 Å². The average molecular weight is 282 g/mol. The first-order chi connectivity index (χ1) is 8.80. The number of rotatable bonds is 3. The summed E-state index contributed by atoms with van der Waals surface area (Å²) < 4.78 is 22.8. The Kier molecular flexibility index (Phi) is 3.03. The second-order valence-electron chi connectivity index (χ2n) is 3.86. The van der Waals surface area contributed by atoms with E-state index in [0.29, 0.717) is 0 Å². The van der Waals surface area contributed by atoms with Crippen molar-refractivity contribution in [2.24, 2.45) is 0 Å². The number of nitrogens with zero attached hydrogens (tertiary/aromatic N) is 1. The van der Waals surface area contributed by atoms with Crippen molar-refractivity contribution in [3.63, 3.8) is 0 Å². The zero-order valence-electron chi connectivity index (χ0n) is 9.78. The number of phenols is 1. The third-order valence-electron chi connectivity index (χ3n) is 2.41. The predicted octanol–water partition coefficient (Wildman–Crippen LogP) is 0.884. The number of imidazole rings is 1. The molecule has 0 spiro atoms. The Morgan fingerprint density at radius 1 is 1.32 bits per heavy atom. The molecule has 1 aromatic carbocycles. The lowest BCUT2D eigenvalue weighted by molar-refractivity contribution is 0.0691. The molecule has 1 aromatic heterocycles. The summed E-state index contributed by atoms with van der Waals surface area (Å²) in [5.41, 5.74) is -0.362. The highest BCUT2D eigenvalue weighted by Gasteiger charge is 2.23. The minimum absolute atomic E-state index is 0.119. The van der Waals surface area contributed by atoms with Gasteiger partial charge in [-0.25, -0.2) is 18.2 Å². The molecule has 0 atom stereocenters. The molecule has 100 valence electrons. The molecule has 0 saturated heterocycles. The van der Waals surface area contributed by atoms with Gasteiger partial charge in [-0.05, 0) is 12.1 Å². The topological polar surface area (TPSA) is 120 Å². The Morgan fingerprint density at radius 2 is 1.95 bits per heavy atom. The van der Waals surface area contributed by atoms with E-state index in [-0.39, 0.29) is 22.7 Å². The zero-order chi connectivity index (χ0) is 14.2. The monoisotopic (exact) mass is 282 g/mol. The molecule has 2 aromatic rings. The lowest BCUT2D eigenvalue weighted by atomic mass is 10.1. The lowest BCUT2D eigenvalue weighted by Gasteiger charge is -2.01. The standard InChI is InChI=1S/C11H10N2O5S/c1-19(17,18)11-12-8(9(13-11)10(15)16)6-4-2-3-5-7(6)14/h2-5,14H,1H3,(H,12,13)(H,15,16). The van der Waals surface area contributed by atoms with Crippen LogP contribution >= 0.6 is 0 Å². The molecule has 0 fully saturated rings. The van der Waals surface area contributed by atoms with Crippen LogP contribution in [0.5, 0.6) is 5.75 Å². The molecule has 0 bridgehead atoms. The Morgan fingerprint density at radius 3 is 2.47 bits per heavy atom. The largest absolute Gasteiger partial charge is 0.507 e. The molecule has 8 heteroatoms. The molecule has 7 nitrogen and oxygen atoms in total. The van der Waals surface area contributed by atoms with Crippen LogP contribution in [0, 0.1) is 0 Å². The maximum Gasteiger partial charge on any atom is 0.354 e. The van der Waals surface area contributed by atoms with Crippen LogP contribution in [0.25, 0.3) is 11.3 Å². The molecule has 0 aliphatic carbocycles. The summed E-state index contributed by atoms with van der Waals surface area (Å²) in [7, 11) is -3.67. The number of benzene rings is 1. The van der Waals surface area contributed by atoms with E-state index in [1.165, 1.54) is 12.1 Å². The highest BCUT2D eigenvalue weighted by molar-refractivity contribution is 7.90. The quantitative estimate of drug-likeness (QED) is 0.768. The van der Waals surface area contributed by atoms with Gasteiger partial charge in [0.05, 0.1) is 0 Å². The van der Waals surface area contributed by atoms with Crippen LogP contribution in [0.1, 0.15) is 10.5 Å². The molecular formula is C11H10N2O5S. The van der Waals surface area contributed by atoms with Crippen molar-refractivity contribution in [3.8, 4) is 17.0 Å². The maximum atomic E-state index is 11.4. The highest BCUT2D eigenvalue weighted by atomic mass is 32.2. The van der Waals surface area contributed by atoms with Gasteiger partial charge in [-0.15, -0.1) is 0 Å². The molecular weight excluding hydrogens is 272 g/mol. The first-order valence-corrected chi connectivity index (χ1v) is 7.01. The van der Waals surface area contributed by atoms with Gasteiger partial charge >= 0.3 is 5.97 Å². The summed E-state index contributed by atoms with van der Waals surface area (Å²) in [6.07, 6.45) is 0.909. The minimum atomic E-state index is -3.67. The van der Waals surface area contributed by atoms with E-state index < -0.39 is 21.0 Å². The molecule has 19 heavy (non-hydrogen) atoms. The number of nitrogens with one attached hydrogen (secondary N) is 1. The van der Waals surface area contributed by atoms with E-state index in [4.69, 9.17) is 5.11 Å².